The molecule has 0 spiro atoms. The van der Waals surface area contributed by atoms with Gasteiger partial charge in [0.1, 0.15) is 0 Å². The summed E-state index contributed by atoms with van der Waals surface area (Å²) in [5.41, 5.74) is 2.77. The quantitative estimate of drug-likeness (QED) is 0.716. The fourth-order valence-electron chi connectivity index (χ4n) is 2.31. The van der Waals surface area contributed by atoms with Gasteiger partial charge < -0.3 is 4.57 Å². The van der Waals surface area contributed by atoms with Crippen LogP contribution in [0.25, 0.3) is 0 Å². The summed E-state index contributed by atoms with van der Waals surface area (Å²) < 4.78 is 2.92. The van der Waals surface area contributed by atoms with E-state index >= 15 is 0 Å². The molecule has 1 aromatic heterocycles. The summed E-state index contributed by atoms with van der Waals surface area (Å²) >= 11 is 5.05. The Morgan fingerprint density at radius 2 is 1.91 bits per heavy atom. The van der Waals surface area contributed by atoms with Crippen LogP contribution in [-0.4, -0.2) is 10.5 Å². The molecule has 118 valence electrons. The number of hydrogen-bond donors (Lipinski definition) is 0. The van der Waals surface area contributed by atoms with Crippen molar-refractivity contribution >= 4 is 33.2 Å². The number of carbonyl (C=O) groups excluding carboxylic acids is 1. The molecule has 2 aromatic rings. The zero-order chi connectivity index (χ0) is 16.7. The lowest BCUT2D eigenvalue weighted by Gasteiger charge is -2.17. The van der Waals surface area contributed by atoms with Crippen LogP contribution in [-0.2, 0) is 12.5 Å². The number of carbonyl (C=O) groups is 1. The lowest BCUT2D eigenvalue weighted by atomic mass is 9.93. The fraction of sp³-hybridized carbons (Fsp3) is 0.412. The van der Waals surface area contributed by atoms with Crippen molar-refractivity contribution in [3.05, 3.63) is 49.2 Å². The number of amides is 1. The molecule has 0 aliphatic rings. The topological polar surface area (TPSA) is 34.4 Å². The van der Waals surface area contributed by atoms with Crippen molar-refractivity contribution in [1.29, 1.82) is 0 Å². The minimum absolute atomic E-state index is 0.0506. The van der Waals surface area contributed by atoms with Crippen molar-refractivity contribution < 1.29 is 4.79 Å². The number of benzene rings is 1. The molecule has 3 nitrogen and oxygen atoms in total. The van der Waals surface area contributed by atoms with Gasteiger partial charge in [0, 0.05) is 27.7 Å². The molecule has 0 atom stereocenters. The molecule has 0 fully saturated rings. The number of hydrogen-bond acceptors (Lipinski definition) is 2. The molecule has 0 unspecified atom stereocenters. The van der Waals surface area contributed by atoms with Crippen molar-refractivity contribution in [2.45, 2.75) is 40.0 Å². The molecule has 0 bridgehead atoms. The molecule has 1 amide bonds. The van der Waals surface area contributed by atoms with Crippen LogP contribution in [0.1, 0.15) is 47.3 Å². The monoisotopic (exact) mass is 380 g/mol. The Morgan fingerprint density at radius 1 is 1.27 bits per heavy atom. The highest BCUT2D eigenvalue weighted by Gasteiger charge is 2.21. The van der Waals surface area contributed by atoms with Crippen molar-refractivity contribution in [2.24, 2.45) is 12.0 Å². The van der Waals surface area contributed by atoms with E-state index in [1.165, 1.54) is 4.88 Å². The van der Waals surface area contributed by atoms with Crippen LogP contribution < -0.4 is 4.80 Å². The zero-order valence-electron chi connectivity index (χ0n) is 13.8. The van der Waals surface area contributed by atoms with Crippen molar-refractivity contribution in [1.82, 2.24) is 4.57 Å². The van der Waals surface area contributed by atoms with Crippen LogP contribution in [0.3, 0.4) is 0 Å². The molecular weight excluding hydrogens is 360 g/mol. The van der Waals surface area contributed by atoms with Crippen molar-refractivity contribution in [2.75, 3.05) is 0 Å². The molecule has 5 heteroatoms. The summed E-state index contributed by atoms with van der Waals surface area (Å²) in [6.45, 7) is 10.5. The summed E-state index contributed by atoms with van der Waals surface area (Å²) in [4.78, 5) is 18.9. The number of aromatic nitrogens is 1. The van der Waals surface area contributed by atoms with E-state index in [2.05, 4.69) is 48.6 Å². The van der Waals surface area contributed by atoms with Gasteiger partial charge in [-0.2, -0.15) is 4.99 Å². The highest BCUT2D eigenvalue weighted by molar-refractivity contribution is 9.10. The molecule has 1 heterocycles. The van der Waals surface area contributed by atoms with E-state index in [-0.39, 0.29) is 11.3 Å². The Morgan fingerprint density at radius 3 is 2.45 bits per heavy atom. The minimum Gasteiger partial charge on any atom is -0.324 e. The highest BCUT2D eigenvalue weighted by Crippen LogP contribution is 2.28. The summed E-state index contributed by atoms with van der Waals surface area (Å²) in [7, 11) is 1.96. The first-order valence-electron chi connectivity index (χ1n) is 7.14. The molecule has 1 aromatic carbocycles. The van der Waals surface area contributed by atoms with Gasteiger partial charge in [-0.15, -0.1) is 11.3 Å². The maximum Gasteiger partial charge on any atom is 0.279 e. The summed E-state index contributed by atoms with van der Waals surface area (Å²) in [5.74, 6) is -0.198. The molecule has 0 radical (unpaired) electrons. The van der Waals surface area contributed by atoms with E-state index in [1.807, 2.05) is 36.7 Å². The second kappa shape index (κ2) is 6.13. The fourth-order valence-corrected chi connectivity index (χ4v) is 3.85. The zero-order valence-corrected chi connectivity index (χ0v) is 16.2. The second-order valence-corrected chi connectivity index (χ2v) is 8.27. The normalized spacial score (nSPS) is 12.8. The summed E-state index contributed by atoms with van der Waals surface area (Å²) in [6, 6.07) is 5.61. The Hall–Kier alpha value is -1.20. The van der Waals surface area contributed by atoms with E-state index in [0.29, 0.717) is 5.56 Å². The predicted octanol–water partition coefficient (Wildman–Crippen LogP) is 4.50. The van der Waals surface area contributed by atoms with E-state index < -0.39 is 0 Å². The highest BCUT2D eigenvalue weighted by atomic mass is 79.9. The molecule has 22 heavy (non-hydrogen) atoms. The Labute approximate surface area is 143 Å². The first kappa shape index (κ1) is 17.2. The summed E-state index contributed by atoms with van der Waals surface area (Å²) in [6.07, 6.45) is 0. The van der Waals surface area contributed by atoms with Crippen LogP contribution in [0.4, 0.5) is 0 Å². The second-order valence-electron chi connectivity index (χ2n) is 6.44. The number of halogens is 1. The van der Waals surface area contributed by atoms with Gasteiger partial charge in [0.2, 0.25) is 0 Å². The van der Waals surface area contributed by atoms with Gasteiger partial charge in [-0.05, 0) is 37.0 Å². The third-order valence-electron chi connectivity index (χ3n) is 3.69. The lowest BCUT2D eigenvalue weighted by molar-refractivity contribution is 0.0997. The minimum atomic E-state index is -0.198. The summed E-state index contributed by atoms with van der Waals surface area (Å²) in [5, 5.41) is 0. The molecule has 0 aliphatic carbocycles. The van der Waals surface area contributed by atoms with Crippen molar-refractivity contribution in [3.63, 3.8) is 0 Å². The van der Waals surface area contributed by atoms with E-state index in [9.17, 15) is 4.79 Å². The van der Waals surface area contributed by atoms with Gasteiger partial charge >= 0.3 is 0 Å². The standard InChI is InChI=1S/C17H21BrN2OS/c1-10-12(8-7-9-13(10)18)15(21)19-16-20(6)11(2)14(22-16)17(3,4)5/h7-9H,1-6H3/b19-16-. The van der Waals surface area contributed by atoms with Gasteiger partial charge in [0.05, 0.1) is 0 Å². The maximum absolute atomic E-state index is 12.5. The van der Waals surface area contributed by atoms with E-state index in [4.69, 9.17) is 0 Å². The molecule has 0 N–H and O–H groups in total. The van der Waals surface area contributed by atoms with E-state index in [0.717, 1.165) is 20.5 Å². The molecule has 2 rings (SSSR count). The van der Waals surface area contributed by atoms with Crippen LogP contribution in [0.15, 0.2) is 27.7 Å². The number of nitrogens with zero attached hydrogens (tertiary/aromatic N) is 2. The van der Waals surface area contributed by atoms with Crippen LogP contribution >= 0.6 is 27.3 Å². The van der Waals surface area contributed by atoms with Crippen LogP contribution in [0, 0.1) is 13.8 Å². The maximum atomic E-state index is 12.5. The molecule has 0 saturated heterocycles. The van der Waals surface area contributed by atoms with Gasteiger partial charge in [-0.1, -0.05) is 42.8 Å². The average Bonchev–Trinajstić information content (AvgIpc) is 2.70. The largest absolute Gasteiger partial charge is 0.324 e. The Balaban J connectivity index is 2.55. The molecule has 0 saturated carbocycles. The third kappa shape index (κ3) is 3.25. The van der Waals surface area contributed by atoms with Gasteiger partial charge in [0.15, 0.2) is 4.80 Å². The first-order valence-corrected chi connectivity index (χ1v) is 8.75. The Bertz CT molecular complexity index is 794. The van der Waals surface area contributed by atoms with Crippen LogP contribution in [0.2, 0.25) is 0 Å². The lowest BCUT2D eigenvalue weighted by Crippen LogP contribution is -2.15. The number of rotatable bonds is 1. The van der Waals surface area contributed by atoms with Crippen molar-refractivity contribution in [3.8, 4) is 0 Å². The van der Waals surface area contributed by atoms with Gasteiger partial charge in [-0.3, -0.25) is 4.79 Å². The van der Waals surface area contributed by atoms with E-state index in [1.54, 1.807) is 11.3 Å². The molecular formula is C17H21BrN2OS. The third-order valence-corrected chi connectivity index (χ3v) is 6.21. The van der Waals surface area contributed by atoms with Gasteiger partial charge in [0.25, 0.3) is 5.91 Å². The Kier molecular flexibility index (Phi) is 4.78. The first-order chi connectivity index (χ1) is 10.1. The SMILES string of the molecule is Cc1c(Br)cccc1C(=O)/N=c1\sc(C(C)(C)C)c(C)n1C. The van der Waals surface area contributed by atoms with Gasteiger partial charge in [-0.25, -0.2) is 0 Å². The molecule has 0 aliphatic heterocycles. The smallest absolute Gasteiger partial charge is 0.279 e. The average molecular weight is 381 g/mol. The number of thiazole rings is 1. The predicted molar refractivity (Wildman–Crippen MR) is 95.5 cm³/mol. The van der Waals surface area contributed by atoms with Crippen LogP contribution in [0.5, 0.6) is 0 Å².